The standard InChI is InChI=1S/C19H16Cl2F3NO4/c1-29-18(28)15(9-12-13(20)3-2-4-14(12)21)25-17(27)16(26)10-5-7-11(8-6-10)19(22,23)24/h2-8,15-16,26H,9H2,1H3,(H,25,27)/t15-,16-/m0/s1. The lowest BCUT2D eigenvalue weighted by Gasteiger charge is -2.20. The number of methoxy groups -OCH3 is 1. The number of aliphatic hydroxyl groups is 1. The van der Waals surface area contributed by atoms with Gasteiger partial charge in [-0.25, -0.2) is 4.79 Å². The fourth-order valence-electron chi connectivity index (χ4n) is 2.52. The van der Waals surface area contributed by atoms with Gasteiger partial charge in [0.1, 0.15) is 6.04 Å². The van der Waals surface area contributed by atoms with E-state index in [0.717, 1.165) is 31.4 Å². The van der Waals surface area contributed by atoms with E-state index in [2.05, 4.69) is 10.1 Å². The average molecular weight is 450 g/mol. The number of alkyl halides is 3. The molecule has 1 amide bonds. The Bertz CT molecular complexity index is 868. The molecule has 2 aromatic carbocycles. The van der Waals surface area contributed by atoms with Crippen LogP contribution in [0.3, 0.4) is 0 Å². The Labute approximate surface area is 174 Å². The number of benzene rings is 2. The number of aliphatic hydroxyl groups excluding tert-OH is 1. The maximum Gasteiger partial charge on any atom is 0.416 e. The normalized spacial score (nSPS) is 13.5. The minimum Gasteiger partial charge on any atom is -0.467 e. The van der Waals surface area contributed by atoms with E-state index in [1.807, 2.05) is 0 Å². The molecule has 0 saturated carbocycles. The number of rotatable bonds is 6. The third-order valence-electron chi connectivity index (χ3n) is 4.07. The number of ether oxygens (including phenoxy) is 1. The van der Waals surface area contributed by atoms with Gasteiger partial charge in [-0.15, -0.1) is 0 Å². The van der Waals surface area contributed by atoms with E-state index in [9.17, 15) is 27.9 Å². The summed E-state index contributed by atoms with van der Waals surface area (Å²) in [7, 11) is 1.11. The zero-order valence-corrected chi connectivity index (χ0v) is 16.5. The van der Waals surface area contributed by atoms with Crippen LogP contribution in [0, 0.1) is 0 Å². The molecule has 2 rings (SSSR count). The number of hydrogen-bond acceptors (Lipinski definition) is 4. The molecular formula is C19H16Cl2F3NO4. The van der Waals surface area contributed by atoms with Gasteiger partial charge in [0, 0.05) is 16.5 Å². The molecule has 0 unspecified atom stereocenters. The van der Waals surface area contributed by atoms with E-state index in [-0.39, 0.29) is 22.0 Å². The minimum atomic E-state index is -4.55. The van der Waals surface area contributed by atoms with Gasteiger partial charge in [-0.3, -0.25) is 4.79 Å². The Morgan fingerprint density at radius 1 is 1.10 bits per heavy atom. The van der Waals surface area contributed by atoms with Crippen LogP contribution in [0.5, 0.6) is 0 Å². The highest BCUT2D eigenvalue weighted by molar-refractivity contribution is 6.36. The molecular weight excluding hydrogens is 434 g/mol. The van der Waals surface area contributed by atoms with Gasteiger partial charge in [-0.1, -0.05) is 41.4 Å². The van der Waals surface area contributed by atoms with Crippen molar-refractivity contribution in [1.82, 2.24) is 5.32 Å². The van der Waals surface area contributed by atoms with Crippen LogP contribution in [0.2, 0.25) is 10.0 Å². The van der Waals surface area contributed by atoms with Crippen molar-refractivity contribution in [2.45, 2.75) is 24.7 Å². The van der Waals surface area contributed by atoms with Crippen molar-refractivity contribution in [2.75, 3.05) is 7.11 Å². The van der Waals surface area contributed by atoms with Gasteiger partial charge in [0.2, 0.25) is 0 Å². The van der Waals surface area contributed by atoms with Crippen LogP contribution in [0.15, 0.2) is 42.5 Å². The van der Waals surface area contributed by atoms with Crippen molar-refractivity contribution in [3.63, 3.8) is 0 Å². The summed E-state index contributed by atoms with van der Waals surface area (Å²) >= 11 is 12.2. The van der Waals surface area contributed by atoms with Gasteiger partial charge >= 0.3 is 12.1 Å². The van der Waals surface area contributed by atoms with Crippen LogP contribution in [-0.4, -0.2) is 30.1 Å². The number of hydrogen-bond donors (Lipinski definition) is 2. The number of carbonyl (C=O) groups is 2. The highest BCUT2D eigenvalue weighted by Crippen LogP contribution is 2.30. The van der Waals surface area contributed by atoms with Gasteiger partial charge in [-0.05, 0) is 35.4 Å². The fourth-order valence-corrected chi connectivity index (χ4v) is 3.08. The molecule has 10 heteroatoms. The van der Waals surface area contributed by atoms with E-state index in [4.69, 9.17) is 23.2 Å². The van der Waals surface area contributed by atoms with Crippen LogP contribution >= 0.6 is 23.2 Å². The summed E-state index contributed by atoms with van der Waals surface area (Å²) in [4.78, 5) is 24.4. The molecule has 0 heterocycles. The molecule has 0 radical (unpaired) electrons. The van der Waals surface area contributed by atoms with Gasteiger partial charge in [-0.2, -0.15) is 13.2 Å². The molecule has 2 N–H and O–H groups in total. The van der Waals surface area contributed by atoms with E-state index in [1.54, 1.807) is 18.2 Å². The van der Waals surface area contributed by atoms with Gasteiger partial charge in [0.05, 0.1) is 12.7 Å². The van der Waals surface area contributed by atoms with Crippen molar-refractivity contribution >= 4 is 35.1 Å². The summed E-state index contributed by atoms with van der Waals surface area (Å²) in [5.41, 5.74) is -0.611. The molecule has 156 valence electrons. The lowest BCUT2D eigenvalue weighted by Crippen LogP contribution is -2.45. The zero-order valence-electron chi connectivity index (χ0n) is 15.0. The summed E-state index contributed by atoms with van der Waals surface area (Å²) in [6.45, 7) is 0. The number of carbonyl (C=O) groups excluding carboxylic acids is 2. The number of esters is 1. The predicted octanol–water partition coefficient (Wildman–Crippen LogP) is 3.95. The predicted molar refractivity (Wildman–Crippen MR) is 101 cm³/mol. The molecule has 0 saturated heterocycles. The second-order valence-corrected chi connectivity index (χ2v) is 6.83. The first-order chi connectivity index (χ1) is 13.5. The second kappa shape index (κ2) is 9.47. The van der Waals surface area contributed by atoms with Crippen LogP contribution in [0.25, 0.3) is 0 Å². The molecule has 0 aliphatic carbocycles. The largest absolute Gasteiger partial charge is 0.467 e. The van der Waals surface area contributed by atoms with Gasteiger partial charge in [0.15, 0.2) is 6.10 Å². The first-order valence-electron chi connectivity index (χ1n) is 8.21. The lowest BCUT2D eigenvalue weighted by molar-refractivity contribution is -0.146. The van der Waals surface area contributed by atoms with Gasteiger partial charge < -0.3 is 15.2 Å². The van der Waals surface area contributed by atoms with Crippen molar-refractivity contribution < 1.29 is 32.6 Å². The fraction of sp³-hybridized carbons (Fsp3) is 0.263. The minimum absolute atomic E-state index is 0.0742. The van der Waals surface area contributed by atoms with Crippen LogP contribution in [0.4, 0.5) is 13.2 Å². The Balaban J connectivity index is 2.18. The number of amides is 1. The summed E-state index contributed by atoms with van der Waals surface area (Å²) in [5, 5.41) is 13.0. The monoisotopic (exact) mass is 449 g/mol. The third kappa shape index (κ3) is 5.85. The molecule has 0 aromatic heterocycles. The Hall–Kier alpha value is -2.29. The zero-order chi connectivity index (χ0) is 21.8. The van der Waals surface area contributed by atoms with Crippen molar-refractivity contribution in [3.8, 4) is 0 Å². The highest BCUT2D eigenvalue weighted by Gasteiger charge is 2.31. The topological polar surface area (TPSA) is 75.6 Å². The van der Waals surface area contributed by atoms with E-state index < -0.39 is 35.8 Å². The second-order valence-electron chi connectivity index (χ2n) is 6.01. The molecule has 0 aliphatic rings. The molecule has 0 fully saturated rings. The SMILES string of the molecule is COC(=O)[C@H](Cc1c(Cl)cccc1Cl)NC(=O)[C@@H](O)c1ccc(C(F)(F)F)cc1. The number of halogens is 5. The third-order valence-corrected chi connectivity index (χ3v) is 4.78. The molecule has 0 spiro atoms. The quantitative estimate of drug-likeness (QED) is 0.654. The van der Waals surface area contributed by atoms with E-state index in [1.165, 1.54) is 0 Å². The maximum atomic E-state index is 12.6. The Kier molecular flexibility index (Phi) is 7.51. The molecule has 0 aliphatic heterocycles. The van der Waals surface area contributed by atoms with Crippen LogP contribution < -0.4 is 5.32 Å². The highest BCUT2D eigenvalue weighted by atomic mass is 35.5. The maximum absolute atomic E-state index is 12.6. The Morgan fingerprint density at radius 2 is 1.66 bits per heavy atom. The first kappa shape index (κ1) is 23.0. The molecule has 29 heavy (non-hydrogen) atoms. The first-order valence-corrected chi connectivity index (χ1v) is 8.96. The van der Waals surface area contributed by atoms with E-state index in [0.29, 0.717) is 5.56 Å². The summed E-state index contributed by atoms with van der Waals surface area (Å²) in [6.07, 6.45) is -6.46. The molecule has 5 nitrogen and oxygen atoms in total. The number of nitrogens with one attached hydrogen (secondary N) is 1. The summed E-state index contributed by atoms with van der Waals surface area (Å²) < 4.78 is 42.6. The molecule has 0 bridgehead atoms. The Morgan fingerprint density at radius 3 is 2.14 bits per heavy atom. The van der Waals surface area contributed by atoms with Gasteiger partial charge in [0.25, 0.3) is 5.91 Å². The lowest BCUT2D eigenvalue weighted by atomic mass is 10.0. The summed E-state index contributed by atoms with van der Waals surface area (Å²) in [6, 6.07) is 6.92. The molecule has 2 atom stereocenters. The molecule has 2 aromatic rings. The van der Waals surface area contributed by atoms with Crippen molar-refractivity contribution in [3.05, 3.63) is 69.2 Å². The van der Waals surface area contributed by atoms with E-state index >= 15 is 0 Å². The van der Waals surface area contributed by atoms with Crippen molar-refractivity contribution in [2.24, 2.45) is 0 Å². The van der Waals surface area contributed by atoms with Crippen LogP contribution in [0.1, 0.15) is 22.8 Å². The average Bonchev–Trinajstić information content (AvgIpc) is 2.68. The smallest absolute Gasteiger partial charge is 0.416 e. The van der Waals surface area contributed by atoms with Crippen molar-refractivity contribution in [1.29, 1.82) is 0 Å². The van der Waals surface area contributed by atoms with Crippen LogP contribution in [-0.2, 0) is 26.9 Å². The summed E-state index contributed by atoms with van der Waals surface area (Å²) in [5.74, 6) is -1.81.